The second-order valence-corrected chi connectivity index (χ2v) is 4.79. The first-order chi connectivity index (χ1) is 8.63. The zero-order chi connectivity index (χ0) is 13.0. The van der Waals surface area contributed by atoms with Gasteiger partial charge in [-0.3, -0.25) is 0 Å². The van der Waals surface area contributed by atoms with Crippen molar-refractivity contribution in [3.05, 3.63) is 47.5 Å². The van der Waals surface area contributed by atoms with Crippen LogP contribution < -0.4 is 5.32 Å². The van der Waals surface area contributed by atoms with Crippen LogP contribution in [0.4, 0.5) is 5.69 Å². The lowest BCUT2D eigenvalue weighted by atomic mass is 10.2. The molecule has 0 atom stereocenters. The maximum atomic E-state index is 4.18. The van der Waals surface area contributed by atoms with Crippen LogP contribution in [0.1, 0.15) is 17.1 Å². The van der Waals surface area contributed by atoms with E-state index < -0.39 is 0 Å². The van der Waals surface area contributed by atoms with Crippen molar-refractivity contribution in [2.75, 3.05) is 19.4 Å². The van der Waals surface area contributed by atoms with E-state index in [1.165, 1.54) is 5.56 Å². The summed E-state index contributed by atoms with van der Waals surface area (Å²) < 4.78 is 0. The summed E-state index contributed by atoms with van der Waals surface area (Å²) in [4.78, 5) is 9.56. The number of hydrogen-bond acceptors (Lipinski definition) is 3. The van der Waals surface area contributed by atoms with Crippen LogP contribution in [0.3, 0.4) is 0 Å². The molecule has 0 aliphatic carbocycles. The molecule has 18 heavy (non-hydrogen) atoms. The normalized spacial score (nSPS) is 10.9. The first kappa shape index (κ1) is 12.6. The Labute approximate surface area is 108 Å². The lowest BCUT2D eigenvalue weighted by molar-refractivity contribution is 0.402. The molecule has 4 nitrogen and oxygen atoms in total. The minimum absolute atomic E-state index is 0.770. The monoisotopic (exact) mass is 244 g/mol. The van der Waals surface area contributed by atoms with Gasteiger partial charge in [-0.05, 0) is 38.7 Å². The standard InChI is InChI=1S/C14H20N4/c1-11-15-8-14(17-11)9-16-13-6-4-5-12(7-13)10-18(2)3/h4-8,16H,9-10H2,1-3H3,(H,15,17). The molecular formula is C14H20N4. The summed E-state index contributed by atoms with van der Waals surface area (Å²) in [6.45, 7) is 3.69. The average molecular weight is 244 g/mol. The van der Waals surface area contributed by atoms with Crippen molar-refractivity contribution in [3.63, 3.8) is 0 Å². The van der Waals surface area contributed by atoms with Gasteiger partial charge in [-0.15, -0.1) is 0 Å². The number of hydrogen-bond donors (Lipinski definition) is 2. The van der Waals surface area contributed by atoms with Crippen molar-refractivity contribution < 1.29 is 0 Å². The van der Waals surface area contributed by atoms with Crippen molar-refractivity contribution in [1.82, 2.24) is 14.9 Å². The van der Waals surface area contributed by atoms with Crippen LogP contribution in [-0.4, -0.2) is 29.0 Å². The Bertz CT molecular complexity index is 502. The van der Waals surface area contributed by atoms with E-state index in [2.05, 4.69) is 58.5 Å². The van der Waals surface area contributed by atoms with Gasteiger partial charge in [-0.25, -0.2) is 4.98 Å². The molecule has 2 rings (SSSR count). The summed E-state index contributed by atoms with van der Waals surface area (Å²) in [7, 11) is 4.15. The average Bonchev–Trinajstić information content (AvgIpc) is 2.72. The molecule has 0 fully saturated rings. The van der Waals surface area contributed by atoms with Gasteiger partial charge in [0.05, 0.1) is 18.4 Å². The highest BCUT2D eigenvalue weighted by Crippen LogP contribution is 2.12. The van der Waals surface area contributed by atoms with E-state index in [0.717, 1.165) is 30.3 Å². The van der Waals surface area contributed by atoms with E-state index in [-0.39, 0.29) is 0 Å². The van der Waals surface area contributed by atoms with E-state index in [4.69, 9.17) is 0 Å². The molecule has 0 unspecified atom stereocenters. The highest BCUT2D eigenvalue weighted by atomic mass is 15.0. The van der Waals surface area contributed by atoms with Gasteiger partial charge in [0, 0.05) is 12.2 Å². The third-order valence-corrected chi connectivity index (χ3v) is 2.66. The second-order valence-electron chi connectivity index (χ2n) is 4.79. The Kier molecular flexibility index (Phi) is 3.99. The molecular weight excluding hydrogens is 224 g/mol. The largest absolute Gasteiger partial charge is 0.379 e. The number of aromatic amines is 1. The summed E-state index contributed by atoms with van der Waals surface area (Å²) >= 11 is 0. The van der Waals surface area contributed by atoms with Crippen molar-refractivity contribution in [3.8, 4) is 0 Å². The molecule has 0 spiro atoms. The Morgan fingerprint density at radius 3 is 2.83 bits per heavy atom. The zero-order valence-corrected chi connectivity index (χ0v) is 11.2. The minimum Gasteiger partial charge on any atom is -0.379 e. The number of H-pyrrole nitrogens is 1. The van der Waals surface area contributed by atoms with Crippen LogP contribution in [0.5, 0.6) is 0 Å². The smallest absolute Gasteiger partial charge is 0.103 e. The third kappa shape index (κ3) is 3.60. The summed E-state index contributed by atoms with van der Waals surface area (Å²) in [5, 5.41) is 3.40. The first-order valence-corrected chi connectivity index (χ1v) is 6.11. The fourth-order valence-corrected chi connectivity index (χ4v) is 1.90. The molecule has 0 bridgehead atoms. The summed E-state index contributed by atoms with van der Waals surface area (Å²) in [6.07, 6.45) is 1.87. The Morgan fingerprint density at radius 2 is 2.17 bits per heavy atom. The lowest BCUT2D eigenvalue weighted by Gasteiger charge is -2.11. The first-order valence-electron chi connectivity index (χ1n) is 6.11. The molecule has 1 heterocycles. The van der Waals surface area contributed by atoms with Gasteiger partial charge in [0.25, 0.3) is 0 Å². The number of imidazole rings is 1. The van der Waals surface area contributed by atoms with E-state index in [1.54, 1.807) is 0 Å². The van der Waals surface area contributed by atoms with Crippen molar-refractivity contribution >= 4 is 5.69 Å². The SMILES string of the molecule is Cc1ncc(CNc2cccc(CN(C)C)c2)[nH]1. The zero-order valence-electron chi connectivity index (χ0n) is 11.2. The van der Waals surface area contributed by atoms with Gasteiger partial charge in [0.2, 0.25) is 0 Å². The Balaban J connectivity index is 1.96. The number of aryl methyl sites for hydroxylation is 1. The molecule has 4 heteroatoms. The molecule has 96 valence electrons. The number of aromatic nitrogens is 2. The van der Waals surface area contributed by atoms with Crippen LogP contribution >= 0.6 is 0 Å². The van der Waals surface area contributed by atoms with Crippen LogP contribution in [0.15, 0.2) is 30.5 Å². The van der Waals surface area contributed by atoms with E-state index in [1.807, 2.05) is 13.1 Å². The minimum atomic E-state index is 0.770. The maximum absolute atomic E-state index is 4.18. The fraction of sp³-hybridized carbons (Fsp3) is 0.357. The van der Waals surface area contributed by atoms with Crippen molar-refractivity contribution in [2.45, 2.75) is 20.0 Å². The molecule has 0 aliphatic rings. The number of benzene rings is 1. The van der Waals surface area contributed by atoms with E-state index in [0.29, 0.717) is 0 Å². The van der Waals surface area contributed by atoms with Crippen LogP contribution in [0.25, 0.3) is 0 Å². The molecule has 2 aromatic rings. The summed E-state index contributed by atoms with van der Waals surface area (Å²) in [5.74, 6) is 0.952. The molecule has 1 aromatic carbocycles. The molecule has 2 N–H and O–H groups in total. The highest BCUT2D eigenvalue weighted by molar-refractivity contribution is 5.45. The fourth-order valence-electron chi connectivity index (χ4n) is 1.90. The van der Waals surface area contributed by atoms with Gasteiger partial charge < -0.3 is 15.2 Å². The molecule has 1 aromatic heterocycles. The number of nitrogens with zero attached hydrogens (tertiary/aromatic N) is 2. The van der Waals surface area contributed by atoms with Gasteiger partial charge >= 0.3 is 0 Å². The van der Waals surface area contributed by atoms with Crippen molar-refractivity contribution in [2.24, 2.45) is 0 Å². The van der Waals surface area contributed by atoms with Crippen LogP contribution in [-0.2, 0) is 13.1 Å². The molecule has 0 aliphatic heterocycles. The van der Waals surface area contributed by atoms with Gasteiger partial charge in [-0.1, -0.05) is 12.1 Å². The predicted molar refractivity (Wildman–Crippen MR) is 74.5 cm³/mol. The molecule has 0 saturated carbocycles. The van der Waals surface area contributed by atoms with Gasteiger partial charge in [-0.2, -0.15) is 0 Å². The summed E-state index contributed by atoms with van der Waals surface area (Å²) in [6, 6.07) is 8.50. The highest BCUT2D eigenvalue weighted by Gasteiger charge is 1.99. The van der Waals surface area contributed by atoms with Crippen molar-refractivity contribution in [1.29, 1.82) is 0 Å². The van der Waals surface area contributed by atoms with Crippen LogP contribution in [0, 0.1) is 6.92 Å². The maximum Gasteiger partial charge on any atom is 0.103 e. The molecule has 0 amide bonds. The number of rotatable bonds is 5. The lowest BCUT2D eigenvalue weighted by Crippen LogP contribution is -2.10. The van der Waals surface area contributed by atoms with E-state index >= 15 is 0 Å². The summed E-state index contributed by atoms with van der Waals surface area (Å²) in [5.41, 5.74) is 3.55. The Morgan fingerprint density at radius 1 is 1.33 bits per heavy atom. The van der Waals surface area contributed by atoms with Gasteiger partial charge in [0.1, 0.15) is 5.82 Å². The number of anilines is 1. The third-order valence-electron chi connectivity index (χ3n) is 2.66. The van der Waals surface area contributed by atoms with E-state index in [9.17, 15) is 0 Å². The molecule has 0 saturated heterocycles. The van der Waals surface area contributed by atoms with Crippen LogP contribution in [0.2, 0.25) is 0 Å². The van der Waals surface area contributed by atoms with Gasteiger partial charge in [0.15, 0.2) is 0 Å². The predicted octanol–water partition coefficient (Wildman–Crippen LogP) is 2.39. The quantitative estimate of drug-likeness (QED) is 0.848. The Hall–Kier alpha value is -1.81. The number of nitrogens with one attached hydrogen (secondary N) is 2. The second kappa shape index (κ2) is 5.69. The molecule has 0 radical (unpaired) electrons. The topological polar surface area (TPSA) is 44.0 Å².